The number of benzene rings is 1. The molecule has 0 atom stereocenters. The molecule has 2 rings (SSSR count). The number of carbonyl (C=O) groups excluding carboxylic acids is 1. The molecule has 0 bridgehead atoms. The summed E-state index contributed by atoms with van der Waals surface area (Å²) < 4.78 is 7.07. The van der Waals surface area contributed by atoms with Gasteiger partial charge in [-0.3, -0.25) is 4.79 Å². The topological polar surface area (TPSA) is 56.1 Å². The first-order chi connectivity index (χ1) is 10.6. The minimum Gasteiger partial charge on any atom is -0.382 e. The van der Waals surface area contributed by atoms with Crippen molar-refractivity contribution in [3.05, 3.63) is 47.3 Å². The highest BCUT2D eigenvalue weighted by atomic mass is 16.5. The van der Waals surface area contributed by atoms with Gasteiger partial charge in [-0.25, -0.2) is 4.68 Å². The Morgan fingerprint density at radius 3 is 2.68 bits per heavy atom. The van der Waals surface area contributed by atoms with Gasteiger partial charge in [-0.1, -0.05) is 18.2 Å². The lowest BCUT2D eigenvalue weighted by molar-refractivity contribution is 0.0943. The number of hydrogen-bond donors (Lipinski definition) is 1. The van der Waals surface area contributed by atoms with E-state index in [1.54, 1.807) is 0 Å². The highest BCUT2D eigenvalue weighted by Gasteiger charge is 2.18. The molecule has 0 aliphatic carbocycles. The van der Waals surface area contributed by atoms with Crippen molar-refractivity contribution in [1.82, 2.24) is 15.1 Å². The molecule has 0 aliphatic heterocycles. The number of aryl methyl sites for hydroxylation is 1. The van der Waals surface area contributed by atoms with Crippen molar-refractivity contribution in [2.75, 3.05) is 19.8 Å². The average molecular weight is 301 g/mol. The number of hydrogen-bond acceptors (Lipinski definition) is 3. The molecule has 2 aromatic rings. The van der Waals surface area contributed by atoms with Gasteiger partial charge in [0.2, 0.25) is 0 Å². The van der Waals surface area contributed by atoms with Crippen molar-refractivity contribution in [3.63, 3.8) is 0 Å². The van der Waals surface area contributed by atoms with E-state index in [1.807, 2.05) is 55.8 Å². The van der Waals surface area contributed by atoms with Gasteiger partial charge in [0.1, 0.15) is 0 Å². The van der Waals surface area contributed by atoms with Gasteiger partial charge < -0.3 is 10.1 Å². The van der Waals surface area contributed by atoms with E-state index in [4.69, 9.17) is 4.74 Å². The molecule has 0 saturated carbocycles. The normalized spacial score (nSPS) is 10.7. The van der Waals surface area contributed by atoms with Gasteiger partial charge in [0.05, 0.1) is 22.6 Å². The molecule has 0 aliphatic rings. The Labute approximate surface area is 131 Å². The molecule has 0 radical (unpaired) electrons. The van der Waals surface area contributed by atoms with Crippen molar-refractivity contribution >= 4 is 5.91 Å². The molecule has 0 spiro atoms. The summed E-state index contributed by atoms with van der Waals surface area (Å²) in [6.07, 6.45) is 0.810. The minimum absolute atomic E-state index is 0.0753. The summed E-state index contributed by atoms with van der Waals surface area (Å²) in [4.78, 5) is 12.4. The van der Waals surface area contributed by atoms with Gasteiger partial charge in [0.25, 0.3) is 5.91 Å². The molecule has 5 nitrogen and oxygen atoms in total. The second-order valence-electron chi connectivity index (χ2n) is 5.10. The second kappa shape index (κ2) is 7.75. The van der Waals surface area contributed by atoms with Crippen molar-refractivity contribution < 1.29 is 9.53 Å². The van der Waals surface area contributed by atoms with E-state index in [0.717, 1.165) is 23.5 Å². The predicted octanol–water partition coefficient (Wildman–Crippen LogP) is 2.65. The van der Waals surface area contributed by atoms with Crippen LogP contribution < -0.4 is 5.32 Å². The predicted molar refractivity (Wildman–Crippen MR) is 86.5 cm³/mol. The summed E-state index contributed by atoms with van der Waals surface area (Å²) in [7, 11) is 0. The van der Waals surface area contributed by atoms with Gasteiger partial charge in [-0.2, -0.15) is 5.10 Å². The number of carbonyl (C=O) groups is 1. The third-order valence-electron chi connectivity index (χ3n) is 3.47. The number of ether oxygens (including phenoxy) is 1. The fourth-order valence-corrected chi connectivity index (χ4v) is 2.40. The van der Waals surface area contributed by atoms with Gasteiger partial charge in [-0.05, 0) is 39.3 Å². The number of nitrogens with zero attached hydrogens (tertiary/aromatic N) is 2. The molecule has 1 amide bonds. The molecule has 1 N–H and O–H groups in total. The Hall–Kier alpha value is -2.14. The highest BCUT2D eigenvalue weighted by Crippen LogP contribution is 2.17. The number of aromatic nitrogens is 2. The largest absolute Gasteiger partial charge is 0.382 e. The lowest BCUT2D eigenvalue weighted by atomic mass is 10.2. The van der Waals surface area contributed by atoms with E-state index in [1.165, 1.54) is 0 Å². The lowest BCUT2D eigenvalue weighted by Gasteiger charge is -2.07. The summed E-state index contributed by atoms with van der Waals surface area (Å²) >= 11 is 0. The first-order valence-electron chi connectivity index (χ1n) is 7.62. The molecule has 0 saturated heterocycles. The first kappa shape index (κ1) is 16.2. The smallest absolute Gasteiger partial charge is 0.255 e. The van der Waals surface area contributed by atoms with Crippen LogP contribution in [0.25, 0.3) is 5.69 Å². The highest BCUT2D eigenvalue weighted by molar-refractivity contribution is 5.96. The fraction of sp³-hybridized carbons (Fsp3) is 0.412. The van der Waals surface area contributed by atoms with E-state index in [-0.39, 0.29) is 5.91 Å². The van der Waals surface area contributed by atoms with Gasteiger partial charge in [0.15, 0.2) is 0 Å². The fourth-order valence-electron chi connectivity index (χ4n) is 2.40. The maximum Gasteiger partial charge on any atom is 0.255 e. The maximum absolute atomic E-state index is 12.4. The number of nitrogens with one attached hydrogen (secondary N) is 1. The molecule has 5 heteroatoms. The van der Waals surface area contributed by atoms with Crippen LogP contribution in [0.2, 0.25) is 0 Å². The Morgan fingerprint density at radius 2 is 2.00 bits per heavy atom. The van der Waals surface area contributed by atoms with Crippen LogP contribution in [-0.2, 0) is 4.74 Å². The Kier molecular flexibility index (Phi) is 5.72. The zero-order valence-corrected chi connectivity index (χ0v) is 13.4. The van der Waals surface area contributed by atoms with Gasteiger partial charge in [-0.15, -0.1) is 0 Å². The summed E-state index contributed by atoms with van der Waals surface area (Å²) in [5, 5.41) is 7.42. The number of amides is 1. The van der Waals surface area contributed by atoms with Crippen LogP contribution in [0.15, 0.2) is 30.3 Å². The summed E-state index contributed by atoms with van der Waals surface area (Å²) in [5.41, 5.74) is 3.20. The van der Waals surface area contributed by atoms with Gasteiger partial charge in [0, 0.05) is 19.8 Å². The Morgan fingerprint density at radius 1 is 1.27 bits per heavy atom. The van der Waals surface area contributed by atoms with Crippen molar-refractivity contribution in [2.45, 2.75) is 27.2 Å². The molecule has 22 heavy (non-hydrogen) atoms. The second-order valence-corrected chi connectivity index (χ2v) is 5.10. The molecule has 0 unspecified atom stereocenters. The SMILES string of the molecule is CCOCCCNC(=O)c1c(C)nn(-c2ccccc2)c1C. The maximum atomic E-state index is 12.4. The monoisotopic (exact) mass is 301 g/mol. The number of para-hydroxylation sites is 1. The Bertz CT molecular complexity index is 620. The standard InChI is InChI=1S/C17H23N3O2/c1-4-22-12-8-11-18-17(21)16-13(2)19-20(14(16)3)15-9-6-5-7-10-15/h5-7,9-10H,4,8,11-12H2,1-3H3,(H,18,21). The Balaban J connectivity index is 2.08. The van der Waals surface area contributed by atoms with E-state index in [0.29, 0.717) is 25.3 Å². The zero-order valence-electron chi connectivity index (χ0n) is 13.4. The van der Waals surface area contributed by atoms with E-state index < -0.39 is 0 Å². The van der Waals surface area contributed by atoms with Crippen molar-refractivity contribution in [2.24, 2.45) is 0 Å². The van der Waals surface area contributed by atoms with E-state index in [2.05, 4.69) is 10.4 Å². The van der Waals surface area contributed by atoms with E-state index in [9.17, 15) is 4.79 Å². The molecule has 1 aromatic heterocycles. The number of rotatable bonds is 7. The third kappa shape index (κ3) is 3.74. The van der Waals surface area contributed by atoms with Crippen LogP contribution in [0.4, 0.5) is 0 Å². The van der Waals surface area contributed by atoms with Crippen LogP contribution in [0.5, 0.6) is 0 Å². The van der Waals surface area contributed by atoms with Crippen molar-refractivity contribution in [3.8, 4) is 5.69 Å². The van der Waals surface area contributed by atoms with Crippen molar-refractivity contribution in [1.29, 1.82) is 0 Å². The van der Waals surface area contributed by atoms with Crippen LogP contribution in [0.3, 0.4) is 0 Å². The van der Waals surface area contributed by atoms with Crippen LogP contribution in [0, 0.1) is 13.8 Å². The zero-order chi connectivity index (χ0) is 15.9. The average Bonchev–Trinajstić information content (AvgIpc) is 2.82. The molecular weight excluding hydrogens is 278 g/mol. The lowest BCUT2D eigenvalue weighted by Crippen LogP contribution is -2.26. The summed E-state index contributed by atoms with van der Waals surface area (Å²) in [5.74, 6) is -0.0753. The van der Waals surface area contributed by atoms with Crippen LogP contribution in [-0.4, -0.2) is 35.4 Å². The molecule has 0 fully saturated rings. The van der Waals surface area contributed by atoms with Crippen LogP contribution in [0.1, 0.15) is 35.1 Å². The van der Waals surface area contributed by atoms with Crippen LogP contribution >= 0.6 is 0 Å². The third-order valence-corrected chi connectivity index (χ3v) is 3.47. The first-order valence-corrected chi connectivity index (χ1v) is 7.62. The summed E-state index contributed by atoms with van der Waals surface area (Å²) in [6, 6.07) is 9.83. The molecule has 1 heterocycles. The molecule has 1 aromatic carbocycles. The molecular formula is C17H23N3O2. The quantitative estimate of drug-likeness (QED) is 0.800. The minimum atomic E-state index is -0.0753. The molecule has 118 valence electrons. The van der Waals surface area contributed by atoms with Gasteiger partial charge >= 0.3 is 0 Å². The summed E-state index contributed by atoms with van der Waals surface area (Å²) in [6.45, 7) is 7.72. The van der Waals surface area contributed by atoms with E-state index >= 15 is 0 Å².